The van der Waals surface area contributed by atoms with Crippen molar-refractivity contribution in [2.24, 2.45) is 0 Å². The van der Waals surface area contributed by atoms with Gasteiger partial charge in [0.25, 0.3) is 0 Å². The summed E-state index contributed by atoms with van der Waals surface area (Å²) in [6.07, 6.45) is 6.95. The van der Waals surface area contributed by atoms with Crippen LogP contribution in [-0.4, -0.2) is 0 Å². The lowest BCUT2D eigenvalue weighted by Gasteiger charge is -2.24. The molecule has 0 saturated heterocycles. The van der Waals surface area contributed by atoms with E-state index >= 15 is 0 Å². The van der Waals surface area contributed by atoms with Crippen molar-refractivity contribution >= 4 is 11.8 Å². The Morgan fingerprint density at radius 3 is 2.21 bits per heavy atom. The minimum Gasteiger partial charge on any atom is -0.0898 e. The van der Waals surface area contributed by atoms with Gasteiger partial charge in [0.05, 0.1) is 0 Å². The maximum absolute atomic E-state index is 2.33. The van der Waals surface area contributed by atoms with Gasteiger partial charge in [-0.2, -0.15) is 0 Å². The molecule has 0 unspecified atom stereocenters. The Balaban J connectivity index is 1.84. The Morgan fingerprint density at radius 1 is 0.737 bits per heavy atom. The fourth-order valence-corrected chi connectivity index (χ4v) is 3.99. The lowest BCUT2D eigenvalue weighted by molar-refractivity contribution is 0.439. The van der Waals surface area contributed by atoms with Gasteiger partial charge in [0.15, 0.2) is 0 Å². The van der Waals surface area contributed by atoms with Crippen molar-refractivity contribution in [3.05, 3.63) is 60.2 Å². The fraction of sp³-hybridized carbons (Fsp3) is 0.333. The largest absolute Gasteiger partial charge is 0.0898 e. The third-order valence-electron chi connectivity index (χ3n) is 3.94. The molecule has 1 aliphatic carbocycles. The summed E-state index contributed by atoms with van der Waals surface area (Å²) >= 11 is 1.91. The summed E-state index contributed by atoms with van der Waals surface area (Å²) in [5, 5.41) is 0. The van der Waals surface area contributed by atoms with Crippen molar-refractivity contribution in [1.82, 2.24) is 0 Å². The van der Waals surface area contributed by atoms with Crippen LogP contribution < -0.4 is 0 Å². The summed E-state index contributed by atoms with van der Waals surface area (Å²) in [5.41, 5.74) is 1.57. The van der Waals surface area contributed by atoms with Gasteiger partial charge in [-0.1, -0.05) is 67.4 Å². The maximum Gasteiger partial charge on any atom is 0.0157 e. The summed E-state index contributed by atoms with van der Waals surface area (Å²) < 4.78 is 0. The molecule has 1 heteroatoms. The molecule has 0 spiro atoms. The van der Waals surface area contributed by atoms with Crippen LogP contribution in [0.5, 0.6) is 0 Å². The molecule has 19 heavy (non-hydrogen) atoms. The highest BCUT2D eigenvalue weighted by atomic mass is 32.2. The third kappa shape index (κ3) is 3.22. The van der Waals surface area contributed by atoms with Crippen LogP contribution >= 0.6 is 11.8 Å². The molecule has 0 radical (unpaired) electrons. The van der Waals surface area contributed by atoms with Gasteiger partial charge in [-0.3, -0.25) is 0 Å². The van der Waals surface area contributed by atoms with Gasteiger partial charge >= 0.3 is 0 Å². The lowest BCUT2D eigenvalue weighted by atomic mass is 9.84. The van der Waals surface area contributed by atoms with Crippen molar-refractivity contribution in [3.8, 4) is 0 Å². The zero-order chi connectivity index (χ0) is 12.9. The van der Waals surface area contributed by atoms with E-state index in [-0.39, 0.29) is 0 Å². The van der Waals surface area contributed by atoms with Gasteiger partial charge in [-0.05, 0) is 42.5 Å². The van der Waals surface area contributed by atoms with E-state index in [1.54, 1.807) is 5.56 Å². The molecule has 3 rings (SSSR count). The molecule has 0 heterocycles. The van der Waals surface area contributed by atoms with Crippen LogP contribution in [0.15, 0.2) is 64.4 Å². The smallest absolute Gasteiger partial charge is 0.0157 e. The van der Waals surface area contributed by atoms with E-state index in [4.69, 9.17) is 0 Å². The van der Waals surface area contributed by atoms with E-state index in [1.165, 1.54) is 41.9 Å². The Kier molecular flexibility index (Phi) is 4.24. The van der Waals surface area contributed by atoms with Crippen LogP contribution in [0.3, 0.4) is 0 Å². The zero-order valence-corrected chi connectivity index (χ0v) is 12.0. The third-order valence-corrected chi connectivity index (χ3v) is 5.03. The second-order valence-corrected chi connectivity index (χ2v) is 6.40. The van der Waals surface area contributed by atoms with E-state index in [0.717, 1.165) is 5.92 Å². The normalized spacial score (nSPS) is 16.4. The molecule has 1 saturated carbocycles. The SMILES string of the molecule is c1ccc(Sc2ccccc2C2CCCCC2)cc1. The first-order chi connectivity index (χ1) is 9.43. The number of rotatable bonds is 3. The molecule has 0 nitrogen and oxygen atoms in total. The predicted molar refractivity (Wildman–Crippen MR) is 82.8 cm³/mol. The second kappa shape index (κ2) is 6.29. The first kappa shape index (κ1) is 12.8. The summed E-state index contributed by atoms with van der Waals surface area (Å²) in [6, 6.07) is 19.7. The van der Waals surface area contributed by atoms with E-state index in [9.17, 15) is 0 Å². The summed E-state index contributed by atoms with van der Waals surface area (Å²) in [4.78, 5) is 2.78. The summed E-state index contributed by atoms with van der Waals surface area (Å²) in [6.45, 7) is 0. The maximum atomic E-state index is 2.33. The highest BCUT2D eigenvalue weighted by Crippen LogP contribution is 2.39. The Labute approximate surface area is 120 Å². The molecular formula is C18H20S. The molecule has 0 bridgehead atoms. The second-order valence-electron chi connectivity index (χ2n) is 5.29. The quantitative estimate of drug-likeness (QED) is 0.669. The van der Waals surface area contributed by atoms with E-state index in [0.29, 0.717) is 0 Å². The van der Waals surface area contributed by atoms with E-state index in [2.05, 4.69) is 54.6 Å². The molecule has 98 valence electrons. The van der Waals surface area contributed by atoms with Crippen molar-refractivity contribution in [2.75, 3.05) is 0 Å². The van der Waals surface area contributed by atoms with Crippen LogP contribution in [-0.2, 0) is 0 Å². The van der Waals surface area contributed by atoms with Crippen LogP contribution in [0, 0.1) is 0 Å². The van der Waals surface area contributed by atoms with Gasteiger partial charge < -0.3 is 0 Å². The van der Waals surface area contributed by atoms with Gasteiger partial charge in [0, 0.05) is 9.79 Å². The van der Waals surface area contributed by atoms with Crippen LogP contribution in [0.4, 0.5) is 0 Å². The first-order valence-corrected chi connectivity index (χ1v) is 8.07. The molecule has 0 aromatic heterocycles. The summed E-state index contributed by atoms with van der Waals surface area (Å²) in [7, 11) is 0. The molecule has 1 fully saturated rings. The number of hydrogen-bond donors (Lipinski definition) is 0. The Bertz CT molecular complexity index is 512. The standard InChI is InChI=1S/C18H20S/c1-3-9-15(10-4-1)17-13-7-8-14-18(17)19-16-11-5-2-6-12-16/h2,5-8,11-15H,1,3-4,9-10H2. The minimum atomic E-state index is 0.779. The number of hydrogen-bond acceptors (Lipinski definition) is 1. The molecule has 0 N–H and O–H groups in total. The topological polar surface area (TPSA) is 0 Å². The number of benzene rings is 2. The van der Waals surface area contributed by atoms with Crippen molar-refractivity contribution < 1.29 is 0 Å². The average molecular weight is 268 g/mol. The average Bonchev–Trinajstić information content (AvgIpc) is 2.50. The molecule has 0 amide bonds. The Morgan fingerprint density at radius 2 is 1.42 bits per heavy atom. The highest BCUT2D eigenvalue weighted by Gasteiger charge is 2.18. The summed E-state index contributed by atoms with van der Waals surface area (Å²) in [5.74, 6) is 0.779. The monoisotopic (exact) mass is 268 g/mol. The predicted octanol–water partition coefficient (Wildman–Crippen LogP) is 5.89. The molecule has 2 aromatic rings. The first-order valence-electron chi connectivity index (χ1n) is 7.25. The molecule has 0 atom stereocenters. The molecule has 0 aliphatic heterocycles. The van der Waals surface area contributed by atoms with Gasteiger partial charge in [-0.15, -0.1) is 0 Å². The van der Waals surface area contributed by atoms with Crippen molar-refractivity contribution in [1.29, 1.82) is 0 Å². The minimum absolute atomic E-state index is 0.779. The fourth-order valence-electron chi connectivity index (χ4n) is 2.94. The van der Waals surface area contributed by atoms with Gasteiger partial charge in [0.1, 0.15) is 0 Å². The van der Waals surface area contributed by atoms with Gasteiger partial charge in [-0.25, -0.2) is 0 Å². The van der Waals surface area contributed by atoms with E-state index in [1.807, 2.05) is 11.8 Å². The van der Waals surface area contributed by atoms with Gasteiger partial charge in [0.2, 0.25) is 0 Å². The molecule has 1 aliphatic rings. The van der Waals surface area contributed by atoms with Crippen LogP contribution in [0.2, 0.25) is 0 Å². The van der Waals surface area contributed by atoms with Crippen LogP contribution in [0.1, 0.15) is 43.6 Å². The van der Waals surface area contributed by atoms with E-state index < -0.39 is 0 Å². The lowest BCUT2D eigenvalue weighted by Crippen LogP contribution is -2.05. The van der Waals surface area contributed by atoms with Crippen LogP contribution in [0.25, 0.3) is 0 Å². The molecule has 2 aromatic carbocycles. The van der Waals surface area contributed by atoms with Crippen molar-refractivity contribution in [3.63, 3.8) is 0 Å². The highest BCUT2D eigenvalue weighted by molar-refractivity contribution is 7.99. The molecular weight excluding hydrogens is 248 g/mol. The van der Waals surface area contributed by atoms with Crippen molar-refractivity contribution in [2.45, 2.75) is 47.8 Å². The Hall–Kier alpha value is -1.21. The zero-order valence-electron chi connectivity index (χ0n) is 11.2.